The number of hydrogen-bond donors (Lipinski definition) is 1. The monoisotopic (exact) mass is 277 g/mol. The minimum absolute atomic E-state index is 0.00181. The van der Waals surface area contributed by atoms with Gasteiger partial charge in [0.25, 0.3) is 6.43 Å². The van der Waals surface area contributed by atoms with Crippen LogP contribution in [0.4, 0.5) is 14.5 Å². The molecule has 0 fully saturated rings. The number of nitrogen functional groups attached to an aromatic ring is 1. The van der Waals surface area contributed by atoms with E-state index in [2.05, 4.69) is 15.9 Å². The molecule has 0 aliphatic carbocycles. The smallest absolute Gasteiger partial charge is 0.264 e. The predicted octanol–water partition coefficient (Wildman–Crippen LogP) is 4.18. The zero-order valence-electron chi connectivity index (χ0n) is 6.93. The Labute approximate surface area is 91.7 Å². The van der Waals surface area contributed by atoms with Crippen molar-refractivity contribution in [2.45, 2.75) is 6.43 Å². The van der Waals surface area contributed by atoms with E-state index < -0.39 is 6.43 Å². The van der Waals surface area contributed by atoms with E-state index in [1.807, 2.05) is 0 Å². The maximum atomic E-state index is 12.6. The number of hydrogen-bond acceptors (Lipinski definition) is 2. The van der Waals surface area contributed by atoms with Gasteiger partial charge in [-0.05, 0) is 34.1 Å². The van der Waals surface area contributed by atoms with Crippen LogP contribution in [0.2, 0.25) is 0 Å². The molecule has 1 aromatic heterocycles. The molecule has 0 aliphatic heterocycles. The van der Waals surface area contributed by atoms with E-state index in [0.29, 0.717) is 11.1 Å². The predicted molar refractivity (Wildman–Crippen MR) is 58.9 cm³/mol. The van der Waals surface area contributed by atoms with Crippen LogP contribution in [0.5, 0.6) is 0 Å². The maximum Gasteiger partial charge on any atom is 0.264 e. The average Bonchev–Trinajstić information content (AvgIpc) is 2.42. The van der Waals surface area contributed by atoms with Gasteiger partial charge in [-0.15, -0.1) is 11.3 Å². The van der Waals surface area contributed by atoms with Crippen molar-refractivity contribution >= 4 is 43.0 Å². The highest BCUT2D eigenvalue weighted by Gasteiger charge is 2.14. The quantitative estimate of drug-likeness (QED) is 0.778. The SMILES string of the molecule is Nc1cc(C(F)F)c2cc(Br)sc2c1. The molecule has 0 bridgehead atoms. The number of thiophene rings is 1. The minimum Gasteiger partial charge on any atom is -0.399 e. The van der Waals surface area contributed by atoms with Gasteiger partial charge in [0.2, 0.25) is 0 Å². The van der Waals surface area contributed by atoms with E-state index in [-0.39, 0.29) is 5.56 Å². The molecule has 2 aromatic rings. The first-order valence-corrected chi connectivity index (χ1v) is 5.45. The first kappa shape index (κ1) is 9.86. The van der Waals surface area contributed by atoms with Gasteiger partial charge in [0, 0.05) is 21.3 Å². The van der Waals surface area contributed by atoms with Crippen molar-refractivity contribution in [3.8, 4) is 0 Å². The van der Waals surface area contributed by atoms with Gasteiger partial charge in [0.15, 0.2) is 0 Å². The summed E-state index contributed by atoms with van der Waals surface area (Å²) in [5.74, 6) is 0. The van der Waals surface area contributed by atoms with Crippen LogP contribution in [0.1, 0.15) is 12.0 Å². The van der Waals surface area contributed by atoms with Crippen molar-refractivity contribution < 1.29 is 8.78 Å². The lowest BCUT2D eigenvalue weighted by molar-refractivity contribution is 0.153. The van der Waals surface area contributed by atoms with Gasteiger partial charge in [-0.25, -0.2) is 8.78 Å². The number of fused-ring (bicyclic) bond motifs is 1. The van der Waals surface area contributed by atoms with Crippen LogP contribution in [-0.4, -0.2) is 0 Å². The van der Waals surface area contributed by atoms with Crippen LogP contribution < -0.4 is 5.73 Å². The molecule has 0 amide bonds. The summed E-state index contributed by atoms with van der Waals surface area (Å²) in [5.41, 5.74) is 5.91. The molecule has 1 aromatic carbocycles. The lowest BCUT2D eigenvalue weighted by atomic mass is 10.1. The Morgan fingerprint density at radius 1 is 1.29 bits per heavy atom. The molecule has 5 heteroatoms. The lowest BCUT2D eigenvalue weighted by Crippen LogP contribution is -1.89. The van der Waals surface area contributed by atoms with E-state index in [9.17, 15) is 8.78 Å². The van der Waals surface area contributed by atoms with Crippen LogP contribution in [0.3, 0.4) is 0 Å². The van der Waals surface area contributed by atoms with Gasteiger partial charge >= 0.3 is 0 Å². The zero-order chi connectivity index (χ0) is 10.3. The van der Waals surface area contributed by atoms with Gasteiger partial charge in [-0.2, -0.15) is 0 Å². The Morgan fingerprint density at radius 3 is 2.64 bits per heavy atom. The summed E-state index contributed by atoms with van der Waals surface area (Å²) in [5, 5.41) is 0.575. The highest BCUT2D eigenvalue weighted by Crippen LogP contribution is 2.37. The fraction of sp³-hybridized carbons (Fsp3) is 0.111. The fourth-order valence-electron chi connectivity index (χ4n) is 1.34. The largest absolute Gasteiger partial charge is 0.399 e. The van der Waals surface area contributed by atoms with E-state index in [1.165, 1.54) is 17.4 Å². The summed E-state index contributed by atoms with van der Waals surface area (Å²) in [6, 6.07) is 4.73. The summed E-state index contributed by atoms with van der Waals surface area (Å²) in [4.78, 5) is 0. The van der Waals surface area contributed by atoms with Crippen LogP contribution >= 0.6 is 27.3 Å². The molecule has 0 atom stereocenters. The zero-order valence-corrected chi connectivity index (χ0v) is 9.33. The third-order valence-electron chi connectivity index (χ3n) is 1.90. The number of halogens is 3. The minimum atomic E-state index is -2.48. The van der Waals surface area contributed by atoms with Crippen LogP contribution in [0.25, 0.3) is 10.1 Å². The number of nitrogens with two attached hydrogens (primary N) is 1. The average molecular weight is 278 g/mol. The number of benzene rings is 1. The molecule has 0 spiro atoms. The van der Waals surface area contributed by atoms with Crippen molar-refractivity contribution in [1.82, 2.24) is 0 Å². The summed E-state index contributed by atoms with van der Waals surface area (Å²) >= 11 is 4.67. The highest BCUT2D eigenvalue weighted by molar-refractivity contribution is 9.11. The summed E-state index contributed by atoms with van der Waals surface area (Å²) in [6.45, 7) is 0. The van der Waals surface area contributed by atoms with E-state index >= 15 is 0 Å². The maximum absolute atomic E-state index is 12.6. The molecule has 2 N–H and O–H groups in total. The van der Waals surface area contributed by atoms with Crippen molar-refractivity contribution in [1.29, 1.82) is 0 Å². The van der Waals surface area contributed by atoms with Crippen LogP contribution in [0.15, 0.2) is 22.0 Å². The molecule has 0 unspecified atom stereocenters. The molecular formula is C9H6BrF2NS. The van der Waals surface area contributed by atoms with E-state index in [4.69, 9.17) is 5.73 Å². The number of anilines is 1. The second-order valence-corrected chi connectivity index (χ2v) is 5.34. The molecule has 0 radical (unpaired) electrons. The van der Waals surface area contributed by atoms with Gasteiger partial charge in [-0.1, -0.05) is 0 Å². The second-order valence-electron chi connectivity index (χ2n) is 2.87. The third kappa shape index (κ3) is 1.62. The van der Waals surface area contributed by atoms with Gasteiger partial charge in [0.1, 0.15) is 0 Å². The first-order valence-electron chi connectivity index (χ1n) is 3.84. The summed E-state index contributed by atoms with van der Waals surface area (Å²) < 4.78 is 26.9. The Bertz CT molecular complexity index is 481. The number of alkyl halides is 2. The molecule has 0 aliphatic rings. The topological polar surface area (TPSA) is 26.0 Å². The molecule has 2 rings (SSSR count). The molecule has 74 valence electrons. The summed E-state index contributed by atoms with van der Waals surface area (Å²) in [6.07, 6.45) is -2.48. The second kappa shape index (κ2) is 3.47. The normalized spacial score (nSPS) is 11.4. The van der Waals surface area contributed by atoms with Gasteiger partial charge in [0.05, 0.1) is 3.79 Å². The summed E-state index contributed by atoms with van der Waals surface area (Å²) in [7, 11) is 0. The Balaban J connectivity index is 2.79. The third-order valence-corrected chi connectivity index (χ3v) is 3.48. The van der Waals surface area contributed by atoms with Crippen molar-refractivity contribution in [2.24, 2.45) is 0 Å². The number of rotatable bonds is 1. The molecule has 1 heterocycles. The molecule has 1 nitrogen and oxygen atoms in total. The van der Waals surface area contributed by atoms with Crippen molar-refractivity contribution in [3.05, 3.63) is 27.5 Å². The fourth-order valence-corrected chi connectivity index (χ4v) is 2.96. The molecular weight excluding hydrogens is 272 g/mol. The standard InChI is InChI=1S/C9H6BrF2NS/c10-8-3-5-6(9(11)12)1-4(13)2-7(5)14-8/h1-3,9H,13H2. The Kier molecular flexibility index (Phi) is 2.45. The van der Waals surface area contributed by atoms with Crippen molar-refractivity contribution in [2.75, 3.05) is 5.73 Å². The molecule has 0 saturated heterocycles. The molecule has 14 heavy (non-hydrogen) atoms. The van der Waals surface area contributed by atoms with Gasteiger partial charge < -0.3 is 5.73 Å². The Morgan fingerprint density at radius 2 is 2.00 bits per heavy atom. The van der Waals surface area contributed by atoms with E-state index in [0.717, 1.165) is 8.49 Å². The van der Waals surface area contributed by atoms with Crippen molar-refractivity contribution in [3.63, 3.8) is 0 Å². The molecule has 0 saturated carbocycles. The Hall–Kier alpha value is -0.680. The van der Waals surface area contributed by atoms with E-state index in [1.54, 1.807) is 12.1 Å². The lowest BCUT2D eigenvalue weighted by Gasteiger charge is -2.02. The highest BCUT2D eigenvalue weighted by atomic mass is 79.9. The first-order chi connectivity index (χ1) is 6.58. The van der Waals surface area contributed by atoms with Crippen LogP contribution in [-0.2, 0) is 0 Å². The van der Waals surface area contributed by atoms with Gasteiger partial charge in [-0.3, -0.25) is 0 Å². The van der Waals surface area contributed by atoms with Crippen LogP contribution in [0, 0.1) is 0 Å².